The first kappa shape index (κ1) is 10.0. The molecule has 0 radical (unpaired) electrons. The van der Waals surface area contributed by atoms with Gasteiger partial charge in [0.25, 0.3) is 0 Å². The second-order valence-electron chi connectivity index (χ2n) is 4.62. The van der Waals surface area contributed by atoms with Crippen LogP contribution in [0.1, 0.15) is 33.1 Å². The Morgan fingerprint density at radius 1 is 1.42 bits per heavy atom. The van der Waals surface area contributed by atoms with Crippen LogP contribution in [0, 0.1) is 5.41 Å². The van der Waals surface area contributed by atoms with E-state index in [1.807, 2.05) is 0 Å². The molecule has 0 aromatic carbocycles. The van der Waals surface area contributed by atoms with Crippen molar-refractivity contribution in [3.8, 4) is 0 Å². The van der Waals surface area contributed by atoms with Crippen molar-refractivity contribution < 1.29 is 5.11 Å². The average Bonchev–Trinajstić information content (AvgIpc) is 1.99. The maximum atomic E-state index is 8.70. The Morgan fingerprint density at radius 2 is 2.17 bits per heavy atom. The SMILES string of the molecule is CC1(C)CCCN(CCCO)C1. The van der Waals surface area contributed by atoms with Gasteiger partial charge in [0, 0.05) is 19.7 Å². The molecule has 1 saturated heterocycles. The van der Waals surface area contributed by atoms with Crippen LogP contribution >= 0.6 is 0 Å². The van der Waals surface area contributed by atoms with Gasteiger partial charge in [0.1, 0.15) is 0 Å². The molecule has 0 aromatic rings. The summed E-state index contributed by atoms with van der Waals surface area (Å²) in [5.41, 5.74) is 0.494. The van der Waals surface area contributed by atoms with Gasteiger partial charge in [-0.1, -0.05) is 13.8 Å². The van der Waals surface area contributed by atoms with E-state index in [0.717, 1.165) is 13.0 Å². The van der Waals surface area contributed by atoms with E-state index < -0.39 is 0 Å². The molecule has 12 heavy (non-hydrogen) atoms. The molecule has 2 nitrogen and oxygen atoms in total. The van der Waals surface area contributed by atoms with E-state index in [-0.39, 0.29) is 0 Å². The van der Waals surface area contributed by atoms with E-state index in [1.54, 1.807) is 0 Å². The first-order chi connectivity index (χ1) is 5.64. The van der Waals surface area contributed by atoms with Crippen molar-refractivity contribution in [1.29, 1.82) is 0 Å². The van der Waals surface area contributed by atoms with Gasteiger partial charge in [0.05, 0.1) is 0 Å². The van der Waals surface area contributed by atoms with E-state index in [9.17, 15) is 0 Å². The fourth-order valence-electron chi connectivity index (χ4n) is 2.03. The number of rotatable bonds is 3. The second-order valence-corrected chi connectivity index (χ2v) is 4.62. The smallest absolute Gasteiger partial charge is 0.0443 e. The lowest BCUT2D eigenvalue weighted by molar-refractivity contribution is 0.110. The number of hydrogen-bond acceptors (Lipinski definition) is 2. The molecule has 0 saturated carbocycles. The lowest BCUT2D eigenvalue weighted by Crippen LogP contribution is -2.40. The van der Waals surface area contributed by atoms with E-state index in [1.165, 1.54) is 25.9 Å². The molecule has 1 rings (SSSR count). The molecule has 0 aliphatic carbocycles. The minimum Gasteiger partial charge on any atom is -0.396 e. The maximum Gasteiger partial charge on any atom is 0.0443 e. The summed E-state index contributed by atoms with van der Waals surface area (Å²) in [6.07, 6.45) is 3.59. The molecule has 1 aliphatic heterocycles. The predicted molar refractivity (Wildman–Crippen MR) is 51.2 cm³/mol. The minimum atomic E-state index is 0.330. The zero-order valence-corrected chi connectivity index (χ0v) is 8.34. The van der Waals surface area contributed by atoms with Crippen molar-refractivity contribution in [1.82, 2.24) is 4.90 Å². The number of likely N-dealkylation sites (tertiary alicyclic amines) is 1. The van der Waals surface area contributed by atoms with Crippen molar-refractivity contribution in [2.45, 2.75) is 33.1 Å². The van der Waals surface area contributed by atoms with Crippen molar-refractivity contribution >= 4 is 0 Å². The molecule has 1 N–H and O–H groups in total. The number of aliphatic hydroxyl groups excluding tert-OH is 1. The number of piperidine rings is 1. The monoisotopic (exact) mass is 171 g/mol. The van der Waals surface area contributed by atoms with Crippen LogP contribution in [-0.2, 0) is 0 Å². The maximum absolute atomic E-state index is 8.70. The highest BCUT2D eigenvalue weighted by Gasteiger charge is 2.25. The third-order valence-corrected chi connectivity index (χ3v) is 2.61. The summed E-state index contributed by atoms with van der Waals surface area (Å²) in [5, 5.41) is 8.70. The van der Waals surface area contributed by atoms with Crippen LogP contribution < -0.4 is 0 Å². The standard InChI is InChI=1S/C10H21NO/c1-10(2)5-3-6-11(9-10)7-4-8-12/h12H,3-9H2,1-2H3. The molecule has 1 heterocycles. The molecular weight excluding hydrogens is 150 g/mol. The molecule has 0 spiro atoms. The normalized spacial score (nSPS) is 24.2. The lowest BCUT2D eigenvalue weighted by Gasteiger charge is -2.37. The van der Waals surface area contributed by atoms with E-state index >= 15 is 0 Å². The highest BCUT2D eigenvalue weighted by atomic mass is 16.3. The summed E-state index contributed by atoms with van der Waals surface area (Å²) < 4.78 is 0. The summed E-state index contributed by atoms with van der Waals surface area (Å²) in [6.45, 7) is 8.49. The van der Waals surface area contributed by atoms with Crippen LogP contribution in [0.15, 0.2) is 0 Å². The zero-order valence-electron chi connectivity index (χ0n) is 8.34. The number of nitrogens with zero attached hydrogens (tertiary/aromatic N) is 1. The Kier molecular flexibility index (Phi) is 3.53. The van der Waals surface area contributed by atoms with Gasteiger partial charge in [-0.05, 0) is 31.2 Å². The molecule has 72 valence electrons. The van der Waals surface area contributed by atoms with Crippen molar-refractivity contribution in [3.05, 3.63) is 0 Å². The third kappa shape index (κ3) is 3.11. The predicted octanol–water partition coefficient (Wildman–Crippen LogP) is 1.49. The fraction of sp³-hybridized carbons (Fsp3) is 1.00. The Hall–Kier alpha value is -0.0800. The van der Waals surface area contributed by atoms with Crippen LogP contribution in [0.3, 0.4) is 0 Å². The summed E-state index contributed by atoms with van der Waals surface area (Å²) in [4.78, 5) is 2.47. The van der Waals surface area contributed by atoms with Gasteiger partial charge in [-0.2, -0.15) is 0 Å². The quantitative estimate of drug-likeness (QED) is 0.695. The first-order valence-corrected chi connectivity index (χ1v) is 4.97. The fourth-order valence-corrected chi connectivity index (χ4v) is 2.03. The van der Waals surface area contributed by atoms with E-state index in [2.05, 4.69) is 18.7 Å². The lowest BCUT2D eigenvalue weighted by atomic mass is 9.84. The van der Waals surface area contributed by atoms with Crippen molar-refractivity contribution in [2.75, 3.05) is 26.2 Å². The Bertz CT molecular complexity index is 134. The summed E-state index contributed by atoms with van der Waals surface area (Å²) >= 11 is 0. The van der Waals surface area contributed by atoms with Crippen LogP contribution in [0.4, 0.5) is 0 Å². The van der Waals surface area contributed by atoms with Crippen LogP contribution in [0.25, 0.3) is 0 Å². The molecule has 1 fully saturated rings. The number of hydrogen-bond donors (Lipinski definition) is 1. The third-order valence-electron chi connectivity index (χ3n) is 2.61. The summed E-state index contributed by atoms with van der Waals surface area (Å²) in [5.74, 6) is 0. The van der Waals surface area contributed by atoms with E-state index in [0.29, 0.717) is 12.0 Å². The summed E-state index contributed by atoms with van der Waals surface area (Å²) in [6, 6.07) is 0. The van der Waals surface area contributed by atoms with Gasteiger partial charge in [-0.15, -0.1) is 0 Å². The van der Waals surface area contributed by atoms with Gasteiger partial charge >= 0.3 is 0 Å². The van der Waals surface area contributed by atoms with Gasteiger partial charge in [-0.3, -0.25) is 0 Å². The molecule has 1 aliphatic rings. The first-order valence-electron chi connectivity index (χ1n) is 4.97. The van der Waals surface area contributed by atoms with Gasteiger partial charge in [0.15, 0.2) is 0 Å². The van der Waals surface area contributed by atoms with Gasteiger partial charge in [-0.25, -0.2) is 0 Å². The largest absolute Gasteiger partial charge is 0.396 e. The van der Waals surface area contributed by atoms with Crippen molar-refractivity contribution in [2.24, 2.45) is 5.41 Å². The molecule has 0 bridgehead atoms. The highest BCUT2D eigenvalue weighted by molar-refractivity contribution is 4.79. The topological polar surface area (TPSA) is 23.5 Å². The highest BCUT2D eigenvalue weighted by Crippen LogP contribution is 2.28. The van der Waals surface area contributed by atoms with Crippen LogP contribution in [-0.4, -0.2) is 36.2 Å². The zero-order chi connectivity index (χ0) is 9.03. The molecule has 0 unspecified atom stereocenters. The molecule has 2 heteroatoms. The molecule has 0 atom stereocenters. The van der Waals surface area contributed by atoms with Gasteiger partial charge in [0.2, 0.25) is 0 Å². The van der Waals surface area contributed by atoms with Crippen molar-refractivity contribution in [3.63, 3.8) is 0 Å². The molecular formula is C10H21NO. The Labute approximate surface area is 75.6 Å². The van der Waals surface area contributed by atoms with E-state index in [4.69, 9.17) is 5.11 Å². The van der Waals surface area contributed by atoms with Gasteiger partial charge < -0.3 is 10.0 Å². The summed E-state index contributed by atoms with van der Waals surface area (Å²) in [7, 11) is 0. The number of aliphatic hydroxyl groups is 1. The van der Waals surface area contributed by atoms with Crippen LogP contribution in [0.2, 0.25) is 0 Å². The second kappa shape index (κ2) is 4.24. The Morgan fingerprint density at radius 3 is 2.75 bits per heavy atom. The molecule has 0 aromatic heterocycles. The average molecular weight is 171 g/mol. The minimum absolute atomic E-state index is 0.330. The Balaban J connectivity index is 2.26. The van der Waals surface area contributed by atoms with Crippen LogP contribution in [0.5, 0.6) is 0 Å². The molecule has 0 amide bonds.